The summed E-state index contributed by atoms with van der Waals surface area (Å²) >= 11 is 0. The van der Waals surface area contributed by atoms with E-state index in [-0.39, 0.29) is 16.7 Å². The summed E-state index contributed by atoms with van der Waals surface area (Å²) in [6, 6.07) is 12.5. The van der Waals surface area contributed by atoms with Gasteiger partial charge in [0.2, 0.25) is 0 Å². The molecule has 4 nitrogen and oxygen atoms in total. The van der Waals surface area contributed by atoms with Crippen molar-refractivity contribution in [3.05, 3.63) is 74.3 Å². The zero-order valence-electron chi connectivity index (χ0n) is 14.3. The zero-order chi connectivity index (χ0) is 17.1. The molecule has 0 heterocycles. The van der Waals surface area contributed by atoms with Crippen LogP contribution in [0.3, 0.4) is 0 Å². The predicted molar refractivity (Wildman–Crippen MR) is 96.2 cm³/mol. The van der Waals surface area contributed by atoms with Crippen LogP contribution >= 0.6 is 0 Å². The molecular weight excluding hydrogens is 300 g/mol. The highest BCUT2D eigenvalue weighted by atomic mass is 16.6. The smallest absolute Gasteiger partial charge is 0.272 e. The number of aryl methyl sites for hydroxylation is 3. The van der Waals surface area contributed by atoms with Crippen molar-refractivity contribution in [1.82, 2.24) is 5.32 Å². The summed E-state index contributed by atoms with van der Waals surface area (Å²) < 4.78 is 0. The SMILES string of the molecule is Cc1ccc(CNC(C)c2ccc3c(c2)CCCC3)cc1[N+](=O)[O-]. The molecule has 0 bridgehead atoms. The van der Waals surface area contributed by atoms with Gasteiger partial charge in [-0.15, -0.1) is 0 Å². The molecule has 0 fully saturated rings. The summed E-state index contributed by atoms with van der Waals surface area (Å²) in [7, 11) is 0. The van der Waals surface area contributed by atoms with Gasteiger partial charge in [0, 0.05) is 24.2 Å². The average molecular weight is 324 g/mol. The van der Waals surface area contributed by atoms with Gasteiger partial charge < -0.3 is 5.32 Å². The second kappa shape index (κ2) is 7.14. The van der Waals surface area contributed by atoms with E-state index in [1.807, 2.05) is 12.1 Å². The number of nitrogens with zero attached hydrogens (tertiary/aromatic N) is 1. The van der Waals surface area contributed by atoms with Crippen LogP contribution in [0.15, 0.2) is 36.4 Å². The van der Waals surface area contributed by atoms with E-state index in [2.05, 4.69) is 30.4 Å². The first kappa shape index (κ1) is 16.7. The molecule has 3 rings (SSSR count). The first-order valence-electron chi connectivity index (χ1n) is 8.63. The molecule has 126 valence electrons. The molecule has 0 aliphatic heterocycles. The Morgan fingerprint density at radius 3 is 2.62 bits per heavy atom. The largest absolute Gasteiger partial charge is 0.306 e. The molecule has 2 aromatic rings. The highest BCUT2D eigenvalue weighted by molar-refractivity contribution is 5.42. The Balaban J connectivity index is 1.68. The Morgan fingerprint density at radius 1 is 1.12 bits per heavy atom. The minimum atomic E-state index is -0.314. The van der Waals surface area contributed by atoms with Crippen molar-refractivity contribution in [2.75, 3.05) is 0 Å². The van der Waals surface area contributed by atoms with Gasteiger partial charge >= 0.3 is 0 Å². The normalized spacial score (nSPS) is 14.9. The maximum absolute atomic E-state index is 11.1. The summed E-state index contributed by atoms with van der Waals surface area (Å²) in [5.74, 6) is 0. The van der Waals surface area contributed by atoms with Crippen molar-refractivity contribution in [3.63, 3.8) is 0 Å². The first-order valence-corrected chi connectivity index (χ1v) is 8.63. The topological polar surface area (TPSA) is 55.2 Å². The van der Waals surface area contributed by atoms with Crippen LogP contribution in [0.25, 0.3) is 0 Å². The Kier molecular flexibility index (Phi) is 4.95. The minimum Gasteiger partial charge on any atom is -0.306 e. The molecule has 0 aromatic heterocycles. The van der Waals surface area contributed by atoms with E-state index in [1.54, 1.807) is 13.0 Å². The standard InChI is InChI=1S/C20H24N2O2/c1-14-7-8-16(11-20(14)22(23)24)13-21-15(2)18-10-9-17-5-3-4-6-19(17)12-18/h7-12,15,21H,3-6,13H2,1-2H3. The van der Waals surface area contributed by atoms with E-state index < -0.39 is 0 Å². The third-order valence-corrected chi connectivity index (χ3v) is 4.96. The van der Waals surface area contributed by atoms with Gasteiger partial charge in [0.15, 0.2) is 0 Å². The van der Waals surface area contributed by atoms with E-state index >= 15 is 0 Å². The van der Waals surface area contributed by atoms with Gasteiger partial charge in [-0.3, -0.25) is 10.1 Å². The van der Waals surface area contributed by atoms with Gasteiger partial charge in [0.1, 0.15) is 0 Å². The monoisotopic (exact) mass is 324 g/mol. The molecule has 0 radical (unpaired) electrons. The first-order chi connectivity index (χ1) is 11.5. The van der Waals surface area contributed by atoms with Gasteiger partial charge in [-0.1, -0.05) is 30.3 Å². The van der Waals surface area contributed by atoms with Crippen LogP contribution in [0.4, 0.5) is 5.69 Å². The third kappa shape index (κ3) is 3.65. The summed E-state index contributed by atoms with van der Waals surface area (Å²) in [6.07, 6.45) is 4.96. The van der Waals surface area contributed by atoms with E-state index in [1.165, 1.54) is 42.4 Å². The molecule has 0 saturated carbocycles. The lowest BCUT2D eigenvalue weighted by molar-refractivity contribution is -0.385. The van der Waals surface area contributed by atoms with Crippen LogP contribution in [-0.4, -0.2) is 4.92 Å². The van der Waals surface area contributed by atoms with E-state index in [0.29, 0.717) is 12.1 Å². The fourth-order valence-electron chi connectivity index (χ4n) is 3.37. The molecule has 24 heavy (non-hydrogen) atoms. The molecule has 4 heteroatoms. The van der Waals surface area contributed by atoms with Crippen molar-refractivity contribution in [2.45, 2.75) is 52.1 Å². The lowest BCUT2D eigenvalue weighted by Gasteiger charge is -2.20. The summed E-state index contributed by atoms with van der Waals surface area (Å²) in [4.78, 5) is 10.7. The molecule has 1 N–H and O–H groups in total. The number of hydrogen-bond donors (Lipinski definition) is 1. The number of rotatable bonds is 5. The van der Waals surface area contributed by atoms with Crippen LogP contribution < -0.4 is 5.32 Å². The quantitative estimate of drug-likeness (QED) is 0.644. The van der Waals surface area contributed by atoms with Crippen molar-refractivity contribution in [3.8, 4) is 0 Å². The van der Waals surface area contributed by atoms with Crippen molar-refractivity contribution in [2.24, 2.45) is 0 Å². The number of nitrogens with one attached hydrogen (secondary N) is 1. The van der Waals surface area contributed by atoms with Crippen LogP contribution in [-0.2, 0) is 19.4 Å². The summed E-state index contributed by atoms with van der Waals surface area (Å²) in [5, 5.41) is 14.5. The molecule has 1 aliphatic rings. The second-order valence-corrected chi connectivity index (χ2v) is 6.72. The Morgan fingerprint density at radius 2 is 1.88 bits per heavy atom. The van der Waals surface area contributed by atoms with Crippen molar-refractivity contribution >= 4 is 5.69 Å². The maximum atomic E-state index is 11.1. The van der Waals surface area contributed by atoms with Gasteiger partial charge in [-0.25, -0.2) is 0 Å². The third-order valence-electron chi connectivity index (χ3n) is 4.96. The van der Waals surface area contributed by atoms with Crippen LogP contribution in [0.1, 0.15) is 53.6 Å². The van der Waals surface area contributed by atoms with E-state index in [4.69, 9.17) is 0 Å². The predicted octanol–water partition coefficient (Wildman–Crippen LogP) is 4.63. The van der Waals surface area contributed by atoms with Crippen LogP contribution in [0, 0.1) is 17.0 Å². The number of nitro benzene ring substituents is 1. The molecule has 1 aliphatic carbocycles. The van der Waals surface area contributed by atoms with Crippen molar-refractivity contribution < 1.29 is 4.92 Å². The Bertz CT molecular complexity index is 755. The Hall–Kier alpha value is -2.20. The molecule has 0 saturated heterocycles. The lowest BCUT2D eigenvalue weighted by atomic mass is 9.89. The highest BCUT2D eigenvalue weighted by Crippen LogP contribution is 2.25. The molecule has 0 amide bonds. The molecular formula is C20H24N2O2. The number of fused-ring (bicyclic) bond motifs is 1. The minimum absolute atomic E-state index is 0.190. The van der Waals surface area contributed by atoms with E-state index in [0.717, 1.165) is 5.56 Å². The fourth-order valence-corrected chi connectivity index (χ4v) is 3.37. The highest BCUT2D eigenvalue weighted by Gasteiger charge is 2.14. The number of hydrogen-bond acceptors (Lipinski definition) is 3. The van der Waals surface area contributed by atoms with Crippen LogP contribution in [0.2, 0.25) is 0 Å². The molecule has 0 spiro atoms. The fraction of sp³-hybridized carbons (Fsp3) is 0.400. The molecule has 1 unspecified atom stereocenters. The summed E-state index contributed by atoms with van der Waals surface area (Å²) in [6.45, 7) is 4.54. The molecule has 1 atom stereocenters. The number of nitro groups is 1. The van der Waals surface area contributed by atoms with Gasteiger partial charge in [-0.05, 0) is 61.8 Å². The van der Waals surface area contributed by atoms with Crippen molar-refractivity contribution in [1.29, 1.82) is 0 Å². The van der Waals surface area contributed by atoms with E-state index in [9.17, 15) is 10.1 Å². The lowest BCUT2D eigenvalue weighted by Crippen LogP contribution is -2.19. The Labute approximate surface area is 143 Å². The van der Waals surface area contributed by atoms with Gasteiger partial charge in [0.05, 0.1) is 4.92 Å². The second-order valence-electron chi connectivity index (χ2n) is 6.72. The number of benzene rings is 2. The summed E-state index contributed by atoms with van der Waals surface area (Å²) in [5.41, 5.74) is 6.10. The van der Waals surface area contributed by atoms with Crippen LogP contribution in [0.5, 0.6) is 0 Å². The molecule has 2 aromatic carbocycles. The van der Waals surface area contributed by atoms with Gasteiger partial charge in [0.25, 0.3) is 5.69 Å². The van der Waals surface area contributed by atoms with Gasteiger partial charge in [-0.2, -0.15) is 0 Å². The maximum Gasteiger partial charge on any atom is 0.272 e. The average Bonchev–Trinajstić information content (AvgIpc) is 2.60. The zero-order valence-corrected chi connectivity index (χ0v) is 14.3.